The van der Waals surface area contributed by atoms with Gasteiger partial charge < -0.3 is 20.1 Å². The number of nitrogens with one attached hydrogen (secondary N) is 2. The van der Waals surface area contributed by atoms with Gasteiger partial charge in [-0.1, -0.05) is 36.4 Å². The molecule has 3 unspecified atom stereocenters. The maximum absolute atomic E-state index is 6.17. The molecule has 1 saturated carbocycles. The van der Waals surface area contributed by atoms with E-state index in [0.717, 1.165) is 43.3 Å². The van der Waals surface area contributed by atoms with Crippen molar-refractivity contribution < 1.29 is 9.47 Å². The third-order valence-electron chi connectivity index (χ3n) is 6.09. The highest BCUT2D eigenvalue weighted by Gasteiger charge is 2.39. The highest BCUT2D eigenvalue weighted by Crippen LogP contribution is 2.42. The van der Waals surface area contributed by atoms with Crippen molar-refractivity contribution in [3.05, 3.63) is 64.7 Å². The second kappa shape index (κ2) is 9.52. The van der Waals surface area contributed by atoms with Crippen molar-refractivity contribution in [1.82, 2.24) is 10.6 Å². The van der Waals surface area contributed by atoms with Crippen LogP contribution in [-0.4, -0.2) is 38.9 Å². The molecule has 2 fully saturated rings. The molecule has 1 heterocycles. The van der Waals surface area contributed by atoms with Gasteiger partial charge >= 0.3 is 0 Å². The molecule has 0 radical (unpaired) electrons. The van der Waals surface area contributed by atoms with Gasteiger partial charge in [0.05, 0.1) is 13.2 Å². The van der Waals surface area contributed by atoms with Gasteiger partial charge in [0.15, 0.2) is 5.96 Å². The lowest BCUT2D eigenvalue weighted by molar-refractivity contribution is 0.166. The molecule has 1 aliphatic heterocycles. The van der Waals surface area contributed by atoms with Crippen LogP contribution in [0.3, 0.4) is 0 Å². The van der Waals surface area contributed by atoms with Crippen LogP contribution in [-0.2, 0) is 11.3 Å². The predicted octanol–water partition coefficient (Wildman–Crippen LogP) is 3.94. The van der Waals surface area contributed by atoms with Gasteiger partial charge in [0.25, 0.3) is 0 Å². The molecular weight excluding hydrogens is 374 g/mol. The zero-order valence-electron chi connectivity index (χ0n) is 18.3. The highest BCUT2D eigenvalue weighted by molar-refractivity contribution is 5.80. The van der Waals surface area contributed by atoms with Crippen LogP contribution in [0.2, 0.25) is 0 Å². The Hall–Kier alpha value is -2.53. The Labute approximate surface area is 179 Å². The van der Waals surface area contributed by atoms with Gasteiger partial charge in [-0.15, -0.1) is 0 Å². The molecule has 2 aliphatic rings. The fraction of sp³-hybridized carbons (Fsp3) is 0.480. The van der Waals surface area contributed by atoms with Crippen LogP contribution < -0.4 is 15.4 Å². The Morgan fingerprint density at radius 1 is 1.20 bits per heavy atom. The molecule has 4 rings (SSSR count). The van der Waals surface area contributed by atoms with Crippen molar-refractivity contribution in [2.45, 2.75) is 45.2 Å². The van der Waals surface area contributed by atoms with Crippen LogP contribution >= 0.6 is 0 Å². The summed E-state index contributed by atoms with van der Waals surface area (Å²) in [6, 6.07) is 15.5. The number of guanidine groups is 1. The van der Waals surface area contributed by atoms with Crippen molar-refractivity contribution in [3.8, 4) is 5.75 Å². The van der Waals surface area contributed by atoms with Crippen molar-refractivity contribution in [2.24, 2.45) is 10.9 Å². The van der Waals surface area contributed by atoms with Crippen molar-refractivity contribution in [1.29, 1.82) is 0 Å². The maximum atomic E-state index is 6.17. The molecule has 5 heteroatoms. The topological polar surface area (TPSA) is 54.9 Å². The van der Waals surface area contributed by atoms with E-state index in [-0.39, 0.29) is 0 Å². The third-order valence-corrected chi connectivity index (χ3v) is 6.09. The van der Waals surface area contributed by atoms with E-state index in [0.29, 0.717) is 31.0 Å². The Morgan fingerprint density at radius 2 is 2.07 bits per heavy atom. The summed E-state index contributed by atoms with van der Waals surface area (Å²) in [6.07, 6.45) is 2.23. The largest absolute Gasteiger partial charge is 0.493 e. The van der Waals surface area contributed by atoms with Crippen LogP contribution in [0.5, 0.6) is 5.75 Å². The van der Waals surface area contributed by atoms with Crippen molar-refractivity contribution in [3.63, 3.8) is 0 Å². The van der Waals surface area contributed by atoms with E-state index in [4.69, 9.17) is 9.47 Å². The molecule has 1 saturated heterocycles. The van der Waals surface area contributed by atoms with E-state index in [1.807, 2.05) is 7.05 Å². The minimum absolute atomic E-state index is 0.438. The average Bonchev–Trinajstić information content (AvgIpc) is 3.30. The molecule has 2 N–H and O–H groups in total. The SMILES string of the molecule is CN=C(NCc1ccc(C)cc1OCC1CCOC1)NC1CC1c1ccccc1C. The number of ether oxygens (including phenoxy) is 2. The monoisotopic (exact) mass is 407 g/mol. The van der Waals surface area contributed by atoms with Crippen LogP contribution in [0.1, 0.15) is 41.0 Å². The van der Waals surface area contributed by atoms with E-state index in [1.54, 1.807) is 0 Å². The summed E-state index contributed by atoms with van der Waals surface area (Å²) in [5.74, 6) is 2.85. The summed E-state index contributed by atoms with van der Waals surface area (Å²) in [7, 11) is 1.83. The molecular formula is C25H33N3O2. The van der Waals surface area contributed by atoms with Gasteiger partial charge in [-0.2, -0.15) is 0 Å². The lowest BCUT2D eigenvalue weighted by atomic mass is 10.0. The number of rotatable bonds is 7. The molecule has 1 aliphatic carbocycles. The van der Waals surface area contributed by atoms with Crippen LogP contribution in [0.15, 0.2) is 47.5 Å². The van der Waals surface area contributed by atoms with Crippen molar-refractivity contribution >= 4 is 5.96 Å². The number of aliphatic imine (C=N–C) groups is 1. The zero-order valence-corrected chi connectivity index (χ0v) is 18.3. The molecule has 0 bridgehead atoms. The molecule has 0 aromatic heterocycles. The summed E-state index contributed by atoms with van der Waals surface area (Å²) < 4.78 is 11.6. The van der Waals surface area contributed by atoms with Gasteiger partial charge in [-0.3, -0.25) is 4.99 Å². The minimum atomic E-state index is 0.438. The van der Waals surface area contributed by atoms with Gasteiger partial charge in [0.1, 0.15) is 5.75 Å². The first-order valence-electron chi connectivity index (χ1n) is 11.0. The maximum Gasteiger partial charge on any atom is 0.191 e. The van der Waals surface area contributed by atoms with Gasteiger partial charge in [0.2, 0.25) is 0 Å². The summed E-state index contributed by atoms with van der Waals surface area (Å²) >= 11 is 0. The average molecular weight is 408 g/mol. The molecule has 2 aromatic carbocycles. The smallest absolute Gasteiger partial charge is 0.191 e. The number of hydrogen-bond donors (Lipinski definition) is 2. The second-order valence-corrected chi connectivity index (χ2v) is 8.53. The van der Waals surface area contributed by atoms with E-state index in [2.05, 4.69) is 71.9 Å². The first-order valence-corrected chi connectivity index (χ1v) is 11.0. The Morgan fingerprint density at radius 3 is 2.83 bits per heavy atom. The minimum Gasteiger partial charge on any atom is -0.493 e. The molecule has 30 heavy (non-hydrogen) atoms. The Balaban J connectivity index is 1.32. The molecule has 3 atom stereocenters. The molecule has 0 spiro atoms. The van der Waals surface area contributed by atoms with E-state index in [1.165, 1.54) is 16.7 Å². The first kappa shape index (κ1) is 20.7. The van der Waals surface area contributed by atoms with Crippen molar-refractivity contribution in [2.75, 3.05) is 26.9 Å². The fourth-order valence-corrected chi connectivity index (χ4v) is 4.11. The molecule has 160 valence electrons. The van der Waals surface area contributed by atoms with Crippen LogP contribution in [0.4, 0.5) is 0 Å². The molecule has 5 nitrogen and oxygen atoms in total. The van der Waals surface area contributed by atoms with Gasteiger partial charge in [-0.05, 0) is 49.4 Å². The normalized spacial score (nSPS) is 23.3. The highest BCUT2D eigenvalue weighted by atomic mass is 16.5. The van der Waals surface area contributed by atoms with Crippen LogP contribution in [0.25, 0.3) is 0 Å². The molecule has 2 aromatic rings. The first-order chi connectivity index (χ1) is 14.6. The van der Waals surface area contributed by atoms with Crippen LogP contribution in [0, 0.1) is 19.8 Å². The van der Waals surface area contributed by atoms with Gasteiger partial charge in [-0.25, -0.2) is 0 Å². The third kappa shape index (κ3) is 5.14. The van der Waals surface area contributed by atoms with E-state index < -0.39 is 0 Å². The number of benzene rings is 2. The summed E-state index contributed by atoms with van der Waals surface area (Å²) in [4.78, 5) is 4.43. The predicted molar refractivity (Wildman–Crippen MR) is 121 cm³/mol. The zero-order chi connectivity index (χ0) is 20.9. The summed E-state index contributed by atoms with van der Waals surface area (Å²) in [6.45, 7) is 7.33. The Kier molecular flexibility index (Phi) is 6.58. The standard InChI is InChI=1S/C25H33N3O2/c1-17-8-9-20(24(12-17)30-16-19-10-11-29-15-19)14-27-25(26-3)28-23-13-22(23)21-7-5-4-6-18(21)2/h4-9,12,19,22-23H,10-11,13-16H2,1-3H3,(H2,26,27,28). The number of aryl methyl sites for hydroxylation is 2. The fourth-order valence-electron chi connectivity index (χ4n) is 4.11. The summed E-state index contributed by atoms with van der Waals surface area (Å²) in [5.41, 5.74) is 5.16. The van der Waals surface area contributed by atoms with E-state index in [9.17, 15) is 0 Å². The number of hydrogen-bond acceptors (Lipinski definition) is 3. The molecule has 0 amide bonds. The van der Waals surface area contributed by atoms with E-state index >= 15 is 0 Å². The Bertz CT molecular complexity index is 890. The van der Waals surface area contributed by atoms with Gasteiger partial charge in [0, 0.05) is 43.6 Å². The lowest BCUT2D eigenvalue weighted by Crippen LogP contribution is -2.38. The second-order valence-electron chi connectivity index (χ2n) is 8.53. The number of nitrogens with zero attached hydrogens (tertiary/aromatic N) is 1. The summed E-state index contributed by atoms with van der Waals surface area (Å²) in [5, 5.41) is 7.04. The lowest BCUT2D eigenvalue weighted by Gasteiger charge is -2.17. The quantitative estimate of drug-likeness (QED) is 0.539.